The van der Waals surface area contributed by atoms with E-state index in [1.165, 1.54) is 0 Å². The van der Waals surface area contributed by atoms with E-state index in [9.17, 15) is 14.4 Å². The Bertz CT molecular complexity index is 669. The standard InChI is InChI=1S/C18H24N4O3/c1-18(2,3)17-19-8-11(9-20-17)21-14(23)10-22-15(24)12-6-4-5-7-13(12)16(22)25/h8-9,12-13H,4-7,10H2,1-3H3,(H,21,23)/t12-,13+. The predicted octanol–water partition coefficient (Wildman–Crippen LogP) is 1.89. The SMILES string of the molecule is CC(C)(C)c1ncc(NC(=O)CN2C(=O)[C@H]3CCCC[C@H]3C2=O)cn1. The van der Waals surface area contributed by atoms with Crippen LogP contribution in [0.25, 0.3) is 0 Å². The van der Waals surface area contributed by atoms with Gasteiger partial charge in [-0.25, -0.2) is 9.97 Å². The number of nitrogens with zero attached hydrogens (tertiary/aromatic N) is 3. The lowest BCUT2D eigenvalue weighted by Gasteiger charge is -2.19. The summed E-state index contributed by atoms with van der Waals surface area (Å²) in [6.45, 7) is 5.77. The first-order chi connectivity index (χ1) is 11.8. The van der Waals surface area contributed by atoms with Gasteiger partial charge < -0.3 is 5.32 Å². The Labute approximate surface area is 147 Å². The molecule has 3 rings (SSSR count). The van der Waals surface area contributed by atoms with E-state index in [0.29, 0.717) is 11.5 Å². The molecule has 2 fully saturated rings. The van der Waals surface area contributed by atoms with Crippen molar-refractivity contribution >= 4 is 23.4 Å². The van der Waals surface area contributed by atoms with Crippen molar-refractivity contribution in [1.29, 1.82) is 0 Å². The third-order valence-corrected chi connectivity index (χ3v) is 4.84. The number of aromatic nitrogens is 2. The topological polar surface area (TPSA) is 92.3 Å². The second kappa shape index (κ2) is 6.54. The van der Waals surface area contributed by atoms with Crippen molar-refractivity contribution in [2.24, 2.45) is 11.8 Å². The molecule has 2 aliphatic rings. The van der Waals surface area contributed by atoms with E-state index in [1.54, 1.807) is 12.4 Å². The van der Waals surface area contributed by atoms with Crippen molar-refractivity contribution in [3.63, 3.8) is 0 Å². The number of likely N-dealkylation sites (tertiary alicyclic amines) is 1. The largest absolute Gasteiger partial charge is 0.322 e. The van der Waals surface area contributed by atoms with E-state index in [0.717, 1.165) is 30.6 Å². The fraction of sp³-hybridized carbons (Fsp3) is 0.611. The van der Waals surface area contributed by atoms with Crippen molar-refractivity contribution in [3.8, 4) is 0 Å². The second-order valence-corrected chi connectivity index (χ2v) is 7.85. The van der Waals surface area contributed by atoms with E-state index in [2.05, 4.69) is 15.3 Å². The molecule has 2 atom stereocenters. The molecule has 7 nitrogen and oxygen atoms in total. The summed E-state index contributed by atoms with van der Waals surface area (Å²) in [5.74, 6) is -0.604. The van der Waals surface area contributed by atoms with E-state index in [4.69, 9.17) is 0 Å². The van der Waals surface area contributed by atoms with Crippen LogP contribution in [0.15, 0.2) is 12.4 Å². The highest BCUT2D eigenvalue weighted by Gasteiger charge is 2.48. The molecule has 1 aliphatic heterocycles. The monoisotopic (exact) mass is 344 g/mol. The van der Waals surface area contributed by atoms with Gasteiger partial charge in [0.2, 0.25) is 17.7 Å². The van der Waals surface area contributed by atoms with Crippen LogP contribution in [-0.2, 0) is 19.8 Å². The molecular formula is C18H24N4O3. The van der Waals surface area contributed by atoms with Gasteiger partial charge >= 0.3 is 0 Å². The molecule has 1 aromatic heterocycles. The number of imide groups is 1. The summed E-state index contributed by atoms with van der Waals surface area (Å²) >= 11 is 0. The van der Waals surface area contributed by atoms with Crippen molar-refractivity contribution < 1.29 is 14.4 Å². The summed E-state index contributed by atoms with van der Waals surface area (Å²) in [6, 6.07) is 0. The zero-order chi connectivity index (χ0) is 18.2. The minimum absolute atomic E-state index is 0.173. The lowest BCUT2D eigenvalue weighted by atomic mass is 9.81. The molecule has 0 unspecified atom stereocenters. The number of rotatable bonds is 3. The summed E-state index contributed by atoms with van der Waals surface area (Å²) in [7, 11) is 0. The van der Waals surface area contributed by atoms with Crippen molar-refractivity contribution in [2.75, 3.05) is 11.9 Å². The summed E-state index contributed by atoms with van der Waals surface area (Å²) in [5.41, 5.74) is 0.280. The number of carbonyl (C=O) groups excluding carboxylic acids is 3. The zero-order valence-electron chi connectivity index (χ0n) is 14.9. The van der Waals surface area contributed by atoms with Crippen LogP contribution in [0.4, 0.5) is 5.69 Å². The Kier molecular flexibility index (Phi) is 4.58. The maximum absolute atomic E-state index is 12.4. The number of hydrogen-bond donors (Lipinski definition) is 1. The molecule has 0 spiro atoms. The minimum Gasteiger partial charge on any atom is -0.322 e. The first-order valence-electron chi connectivity index (χ1n) is 8.75. The number of nitrogens with one attached hydrogen (secondary N) is 1. The first-order valence-corrected chi connectivity index (χ1v) is 8.75. The van der Waals surface area contributed by atoms with Gasteiger partial charge in [-0.3, -0.25) is 19.3 Å². The molecule has 2 heterocycles. The summed E-state index contributed by atoms with van der Waals surface area (Å²) < 4.78 is 0. The van der Waals surface area contributed by atoms with Gasteiger partial charge in [-0.15, -0.1) is 0 Å². The molecular weight excluding hydrogens is 320 g/mol. The molecule has 3 amide bonds. The molecule has 1 aliphatic carbocycles. The van der Waals surface area contributed by atoms with Gasteiger partial charge in [0.05, 0.1) is 29.9 Å². The average molecular weight is 344 g/mol. The second-order valence-electron chi connectivity index (χ2n) is 7.85. The van der Waals surface area contributed by atoms with E-state index in [-0.39, 0.29) is 35.6 Å². The Morgan fingerprint density at radius 2 is 1.64 bits per heavy atom. The molecule has 1 saturated carbocycles. The maximum Gasteiger partial charge on any atom is 0.244 e. The molecule has 25 heavy (non-hydrogen) atoms. The molecule has 0 bridgehead atoms. The molecule has 0 radical (unpaired) electrons. The fourth-order valence-corrected chi connectivity index (χ4v) is 3.51. The third kappa shape index (κ3) is 3.55. The van der Waals surface area contributed by atoms with Crippen LogP contribution in [0.3, 0.4) is 0 Å². The van der Waals surface area contributed by atoms with Gasteiger partial charge in [-0.2, -0.15) is 0 Å². The molecule has 134 valence electrons. The number of carbonyl (C=O) groups is 3. The molecule has 1 N–H and O–H groups in total. The zero-order valence-corrected chi connectivity index (χ0v) is 14.9. The van der Waals surface area contributed by atoms with Gasteiger partial charge in [0, 0.05) is 5.41 Å². The van der Waals surface area contributed by atoms with Crippen molar-refractivity contribution in [3.05, 3.63) is 18.2 Å². The summed E-state index contributed by atoms with van der Waals surface area (Å²) in [5, 5.41) is 2.66. The maximum atomic E-state index is 12.4. The van der Waals surface area contributed by atoms with Crippen LogP contribution in [0.2, 0.25) is 0 Å². The highest BCUT2D eigenvalue weighted by Crippen LogP contribution is 2.37. The van der Waals surface area contributed by atoms with Crippen LogP contribution < -0.4 is 5.32 Å². The van der Waals surface area contributed by atoms with Gasteiger partial charge in [0.25, 0.3) is 0 Å². The van der Waals surface area contributed by atoms with Crippen LogP contribution in [0.5, 0.6) is 0 Å². The van der Waals surface area contributed by atoms with E-state index < -0.39 is 5.91 Å². The van der Waals surface area contributed by atoms with E-state index in [1.807, 2.05) is 20.8 Å². The quantitative estimate of drug-likeness (QED) is 0.845. The molecule has 1 aromatic rings. The number of amides is 3. The average Bonchev–Trinajstić information content (AvgIpc) is 2.80. The Balaban J connectivity index is 1.63. The predicted molar refractivity (Wildman–Crippen MR) is 91.5 cm³/mol. The number of anilines is 1. The summed E-state index contributed by atoms with van der Waals surface area (Å²) in [4.78, 5) is 46.6. The highest BCUT2D eigenvalue weighted by molar-refractivity contribution is 6.08. The number of hydrogen-bond acceptors (Lipinski definition) is 5. The Morgan fingerprint density at radius 3 is 2.12 bits per heavy atom. The summed E-state index contributed by atoms with van der Waals surface area (Å²) in [6.07, 6.45) is 6.51. The number of fused-ring (bicyclic) bond motifs is 1. The van der Waals surface area contributed by atoms with Crippen molar-refractivity contribution in [2.45, 2.75) is 51.9 Å². The van der Waals surface area contributed by atoms with Gasteiger partial charge in [0.15, 0.2) is 0 Å². The lowest BCUT2D eigenvalue weighted by molar-refractivity contribution is -0.142. The fourth-order valence-electron chi connectivity index (χ4n) is 3.51. The Morgan fingerprint density at radius 1 is 1.12 bits per heavy atom. The lowest BCUT2D eigenvalue weighted by Crippen LogP contribution is -2.38. The van der Waals surface area contributed by atoms with Gasteiger partial charge in [-0.05, 0) is 12.8 Å². The van der Waals surface area contributed by atoms with Gasteiger partial charge in [-0.1, -0.05) is 33.6 Å². The minimum atomic E-state index is -0.410. The smallest absolute Gasteiger partial charge is 0.244 e. The molecule has 0 aromatic carbocycles. The first kappa shape index (κ1) is 17.5. The normalized spacial score (nSPS) is 23.6. The van der Waals surface area contributed by atoms with Crippen molar-refractivity contribution in [1.82, 2.24) is 14.9 Å². The van der Waals surface area contributed by atoms with Gasteiger partial charge in [0.1, 0.15) is 12.4 Å². The van der Waals surface area contributed by atoms with E-state index >= 15 is 0 Å². The van der Waals surface area contributed by atoms with Crippen LogP contribution in [-0.4, -0.2) is 39.1 Å². The Hall–Kier alpha value is -2.31. The van der Waals surface area contributed by atoms with Crippen LogP contribution in [0, 0.1) is 11.8 Å². The molecule has 1 saturated heterocycles. The van der Waals surface area contributed by atoms with Crippen LogP contribution >= 0.6 is 0 Å². The third-order valence-electron chi connectivity index (χ3n) is 4.84. The molecule has 7 heteroatoms. The highest BCUT2D eigenvalue weighted by atomic mass is 16.2. The van der Waals surface area contributed by atoms with Crippen LogP contribution in [0.1, 0.15) is 52.3 Å².